The molecule has 6 nitrogen and oxygen atoms in total. The molecule has 46 heavy (non-hydrogen) atoms. The lowest BCUT2D eigenvalue weighted by atomic mass is 9.68. The quantitative estimate of drug-likeness (QED) is 0.213. The van der Waals surface area contributed by atoms with Crippen molar-refractivity contribution in [3.8, 4) is 5.75 Å². The van der Waals surface area contributed by atoms with Crippen LogP contribution >= 0.6 is 39.0 Å². The number of anilines is 1. The minimum atomic E-state index is -4.72. The Balaban J connectivity index is 1.21. The van der Waals surface area contributed by atoms with Crippen LogP contribution in [0.5, 0.6) is 5.75 Å². The largest absolute Gasteiger partial charge is 0.489 e. The predicted molar refractivity (Wildman–Crippen MR) is 172 cm³/mol. The number of aromatic nitrogens is 1. The summed E-state index contributed by atoms with van der Waals surface area (Å²) in [6.45, 7) is 2.36. The molecule has 2 aliphatic carbocycles. The van der Waals surface area contributed by atoms with Crippen LogP contribution in [0.25, 0.3) is 0 Å². The molecule has 3 aromatic carbocycles. The summed E-state index contributed by atoms with van der Waals surface area (Å²) in [5.74, 6) is -2.86. The van der Waals surface area contributed by atoms with Crippen LogP contribution in [0, 0.1) is 36.5 Å². The van der Waals surface area contributed by atoms with Gasteiger partial charge in [0.05, 0.1) is 28.1 Å². The molecule has 1 aromatic heterocycles. The van der Waals surface area contributed by atoms with Crippen LogP contribution in [-0.2, 0) is 22.4 Å². The lowest BCUT2D eigenvalue weighted by molar-refractivity contribution is -0.137. The summed E-state index contributed by atoms with van der Waals surface area (Å²) in [6.07, 6.45) is -4.11. The van der Waals surface area contributed by atoms with Gasteiger partial charge in [-0.1, -0.05) is 63.7 Å². The number of carbonyl (C=O) groups is 2. The van der Waals surface area contributed by atoms with E-state index < -0.39 is 41.1 Å². The van der Waals surface area contributed by atoms with E-state index in [0.29, 0.717) is 18.8 Å². The molecule has 4 aromatic rings. The third-order valence-corrected chi connectivity index (χ3v) is 13.2. The minimum Gasteiger partial charge on any atom is -0.489 e. The van der Waals surface area contributed by atoms with Crippen LogP contribution in [0.4, 0.5) is 18.9 Å². The molecule has 6 unspecified atom stereocenters. The molecule has 4 aliphatic rings. The number of benzene rings is 3. The highest BCUT2D eigenvalue weighted by Crippen LogP contribution is 2.69. The highest BCUT2D eigenvalue weighted by Gasteiger charge is 2.70. The number of carbonyl (C=O) groups excluding carboxylic acids is 2. The normalized spacial score (nSPS) is 27.9. The Labute approximate surface area is 278 Å². The summed E-state index contributed by atoms with van der Waals surface area (Å²) in [6, 6.07) is 18.6. The van der Waals surface area contributed by atoms with Gasteiger partial charge in [0, 0.05) is 26.1 Å². The van der Waals surface area contributed by atoms with Crippen LogP contribution in [-0.4, -0.2) is 22.0 Å². The van der Waals surface area contributed by atoms with E-state index in [2.05, 4.69) is 20.9 Å². The molecular weight excluding hydrogens is 701 g/mol. The zero-order valence-corrected chi connectivity index (χ0v) is 27.4. The SMILES string of the molecule is Cc1ccccc1COc1ccc(Br)cc1[C@H]1c2sc(=O)[nH]c2SC2C3CC(C4C(=O)N(c5ccccc5C(F)(F)F)C(=O)C34)C21. The second-order valence-corrected chi connectivity index (χ2v) is 15.5. The Kier molecular flexibility index (Phi) is 7.08. The molecule has 2 bridgehead atoms. The number of nitrogens with zero attached hydrogens (tertiary/aromatic N) is 1. The molecule has 0 spiro atoms. The van der Waals surface area contributed by atoms with Gasteiger partial charge in [0.15, 0.2) is 0 Å². The predicted octanol–water partition coefficient (Wildman–Crippen LogP) is 7.78. The molecule has 2 saturated carbocycles. The first-order chi connectivity index (χ1) is 22.0. The maximum Gasteiger partial charge on any atom is 0.418 e. The molecule has 8 rings (SSSR count). The molecule has 2 aliphatic heterocycles. The molecule has 1 saturated heterocycles. The number of aromatic amines is 1. The lowest BCUT2D eigenvalue weighted by Crippen LogP contribution is -2.42. The summed E-state index contributed by atoms with van der Waals surface area (Å²) < 4.78 is 49.3. The van der Waals surface area contributed by atoms with Gasteiger partial charge in [-0.15, -0.1) is 11.8 Å². The Morgan fingerprint density at radius 2 is 1.70 bits per heavy atom. The highest BCUT2D eigenvalue weighted by atomic mass is 79.9. The first-order valence-electron chi connectivity index (χ1n) is 14.9. The number of H-pyrrole nitrogens is 1. The van der Waals surface area contributed by atoms with Crippen LogP contribution < -0.4 is 14.5 Å². The molecule has 12 heteroatoms. The van der Waals surface area contributed by atoms with Gasteiger partial charge in [-0.05, 0) is 72.6 Å². The molecule has 3 fully saturated rings. The summed E-state index contributed by atoms with van der Waals surface area (Å²) in [5.41, 5.74) is 1.60. The van der Waals surface area contributed by atoms with Crippen molar-refractivity contribution in [1.29, 1.82) is 0 Å². The van der Waals surface area contributed by atoms with Gasteiger partial charge in [-0.2, -0.15) is 13.2 Å². The molecule has 236 valence electrons. The van der Waals surface area contributed by atoms with Crippen LogP contribution in [0.3, 0.4) is 0 Å². The van der Waals surface area contributed by atoms with Crippen molar-refractivity contribution in [1.82, 2.24) is 4.98 Å². The van der Waals surface area contributed by atoms with Crippen molar-refractivity contribution in [2.75, 3.05) is 4.90 Å². The number of alkyl halides is 3. The molecule has 7 atom stereocenters. The zero-order valence-electron chi connectivity index (χ0n) is 24.2. The van der Waals surface area contributed by atoms with Crippen LogP contribution in [0.15, 0.2) is 81.0 Å². The molecular formula is C34H26BrF3N2O4S2. The number of imide groups is 1. The minimum absolute atomic E-state index is 0.119. The van der Waals surface area contributed by atoms with Gasteiger partial charge < -0.3 is 9.72 Å². The van der Waals surface area contributed by atoms with Crippen molar-refractivity contribution in [3.05, 3.63) is 108 Å². The maximum absolute atomic E-state index is 14.1. The molecule has 0 radical (unpaired) electrons. The number of rotatable bonds is 5. The average Bonchev–Trinajstić information content (AvgIpc) is 3.75. The number of nitrogens with one attached hydrogen (secondary N) is 1. The summed E-state index contributed by atoms with van der Waals surface area (Å²) in [5, 5.41) is 0.623. The van der Waals surface area contributed by atoms with Crippen molar-refractivity contribution >= 4 is 56.5 Å². The van der Waals surface area contributed by atoms with Gasteiger partial charge in [0.25, 0.3) is 0 Å². The van der Waals surface area contributed by atoms with Crippen molar-refractivity contribution in [2.45, 2.75) is 42.3 Å². The average molecular weight is 728 g/mol. The van der Waals surface area contributed by atoms with E-state index in [1.807, 2.05) is 49.4 Å². The fourth-order valence-corrected chi connectivity index (χ4v) is 11.6. The monoisotopic (exact) mass is 726 g/mol. The van der Waals surface area contributed by atoms with E-state index >= 15 is 0 Å². The number of aryl methyl sites for hydroxylation is 1. The van der Waals surface area contributed by atoms with Crippen molar-refractivity contribution < 1.29 is 27.5 Å². The van der Waals surface area contributed by atoms with Crippen molar-refractivity contribution in [2.24, 2.45) is 29.6 Å². The van der Waals surface area contributed by atoms with Gasteiger partial charge in [-0.3, -0.25) is 14.4 Å². The summed E-state index contributed by atoms with van der Waals surface area (Å²) in [4.78, 5) is 45.2. The van der Waals surface area contributed by atoms with E-state index in [1.54, 1.807) is 0 Å². The van der Waals surface area contributed by atoms with Gasteiger partial charge >= 0.3 is 11.0 Å². The molecule has 1 N–H and O–H groups in total. The highest BCUT2D eigenvalue weighted by molar-refractivity contribution is 9.10. The Bertz CT molecular complexity index is 1980. The first kappa shape index (κ1) is 30.0. The number of thioether (sulfide) groups is 1. The van der Waals surface area contributed by atoms with Crippen LogP contribution in [0.1, 0.15) is 39.5 Å². The van der Waals surface area contributed by atoms with Crippen molar-refractivity contribution in [3.63, 3.8) is 0 Å². The Hall–Kier alpha value is -3.35. The molecule has 2 amide bonds. The van der Waals surface area contributed by atoms with Gasteiger partial charge in [0.1, 0.15) is 12.4 Å². The van der Waals surface area contributed by atoms with E-state index in [-0.39, 0.29) is 33.8 Å². The first-order valence-corrected chi connectivity index (χ1v) is 17.4. The standard InChI is InChI=1S/C34H26BrF3N2O4S2/c1-15-6-2-3-7-16(15)14-44-23-11-10-17(35)12-18(23)24-25-19-13-20(28(25)45-30-29(24)46-33(43)39-30)27-26(19)31(41)40(32(27)42)22-9-5-4-8-21(22)34(36,37)38/h2-12,19-20,24-28H,13-14H2,1H3,(H,39,43)/t19?,20?,24-,25?,26?,27?,28?/m1/s1. The number of para-hydroxylation sites is 1. The topological polar surface area (TPSA) is 79.5 Å². The second-order valence-electron chi connectivity index (χ2n) is 12.4. The lowest BCUT2D eigenvalue weighted by Gasteiger charge is -2.43. The number of hydrogen-bond donors (Lipinski definition) is 1. The number of hydrogen-bond acceptors (Lipinski definition) is 6. The number of thiazole rings is 1. The number of amides is 2. The zero-order chi connectivity index (χ0) is 32.1. The number of halogens is 4. The second kappa shape index (κ2) is 10.8. The van der Waals surface area contributed by atoms with E-state index in [1.165, 1.54) is 30.0 Å². The summed E-state index contributed by atoms with van der Waals surface area (Å²) >= 11 is 6.29. The smallest absolute Gasteiger partial charge is 0.418 e. The fourth-order valence-electron chi connectivity index (χ4n) is 8.33. The summed E-state index contributed by atoms with van der Waals surface area (Å²) in [7, 11) is 0. The third-order valence-electron chi connectivity index (χ3n) is 10.1. The van der Waals surface area contributed by atoms with E-state index in [0.717, 1.165) is 53.4 Å². The van der Waals surface area contributed by atoms with Gasteiger partial charge in [0.2, 0.25) is 11.8 Å². The maximum atomic E-state index is 14.1. The number of fused-ring (bicyclic) bond motifs is 9. The molecule has 3 heterocycles. The van der Waals surface area contributed by atoms with Crippen LogP contribution in [0.2, 0.25) is 0 Å². The third kappa shape index (κ3) is 4.54. The Morgan fingerprint density at radius 1 is 0.978 bits per heavy atom. The van der Waals surface area contributed by atoms with E-state index in [9.17, 15) is 27.6 Å². The van der Waals surface area contributed by atoms with Gasteiger partial charge in [-0.25, -0.2) is 4.90 Å². The fraction of sp³-hybridized carbons (Fsp3) is 0.324. The Morgan fingerprint density at radius 3 is 2.46 bits per heavy atom. The number of ether oxygens (including phenoxy) is 1. The van der Waals surface area contributed by atoms with E-state index in [4.69, 9.17) is 4.74 Å².